The van der Waals surface area contributed by atoms with Gasteiger partial charge in [0.05, 0.1) is 0 Å². The molecule has 3 heterocycles. The van der Waals surface area contributed by atoms with E-state index in [0.29, 0.717) is 0 Å². The van der Waals surface area contributed by atoms with Gasteiger partial charge in [0.2, 0.25) is 10.2 Å². The van der Waals surface area contributed by atoms with Crippen LogP contribution in [0.15, 0.2) is 128 Å². The van der Waals surface area contributed by atoms with Crippen LogP contribution in [0.5, 0.6) is 0 Å². The molecule has 3 aliphatic rings. The molecule has 6 nitrogen and oxygen atoms in total. The van der Waals surface area contributed by atoms with Crippen LogP contribution < -0.4 is 14.7 Å². The fourth-order valence-corrected chi connectivity index (χ4v) is 6.13. The molecule has 37 heavy (non-hydrogen) atoms. The van der Waals surface area contributed by atoms with Crippen molar-refractivity contribution in [1.29, 1.82) is 0 Å². The van der Waals surface area contributed by atoms with Gasteiger partial charge in [-0.2, -0.15) is 4.90 Å². The van der Waals surface area contributed by atoms with E-state index in [-0.39, 0.29) is 0 Å². The Morgan fingerprint density at radius 2 is 0.865 bits per heavy atom. The SMILES string of the molecule is S=C1N([BH-](N2C=C[NH+](c3ccccc3)C2=S)N2C=C[NH+](c3ccccc3)C2=[S+])C=C[NH+]1c1ccccc1. The zero-order valence-corrected chi connectivity index (χ0v) is 22.3. The Hall–Kier alpha value is -3.51. The second kappa shape index (κ2) is 10.1. The van der Waals surface area contributed by atoms with Gasteiger partial charge in [-0.3, -0.25) is 0 Å². The second-order valence-electron chi connectivity index (χ2n) is 9.04. The van der Waals surface area contributed by atoms with Crippen molar-refractivity contribution < 1.29 is 14.7 Å². The van der Waals surface area contributed by atoms with Crippen molar-refractivity contribution in [3.05, 3.63) is 128 Å². The van der Waals surface area contributed by atoms with E-state index in [2.05, 4.69) is 88.0 Å². The minimum Gasteiger partial charge on any atom is -0.427 e. The Balaban J connectivity index is 1.34. The zero-order chi connectivity index (χ0) is 25.4. The highest BCUT2D eigenvalue weighted by atomic mass is 32.1. The summed E-state index contributed by atoms with van der Waals surface area (Å²) in [6.07, 6.45) is 12.5. The fourth-order valence-electron chi connectivity index (χ4n) is 5.05. The molecule has 0 bridgehead atoms. The van der Waals surface area contributed by atoms with Gasteiger partial charge in [0.15, 0.2) is 0 Å². The summed E-state index contributed by atoms with van der Waals surface area (Å²) in [5.74, 6) is 0. The standard InChI is InChI=1S/C27H22BN6S3/c35-25-29(22-10-4-1-5-11-22)16-19-32(25)28(33-20-17-30(26(33)36)23-12-6-2-7-13-23)34-21-18-31(27(34)37)24-14-8-3-9-15-24/h1-21,28H/p+3. The Bertz CT molecular complexity index is 1260. The van der Waals surface area contributed by atoms with Gasteiger partial charge in [-0.15, -0.1) is 0 Å². The molecule has 3 N–H and O–H groups in total. The summed E-state index contributed by atoms with van der Waals surface area (Å²) >= 11 is 18.2. The molecule has 0 fully saturated rings. The van der Waals surface area contributed by atoms with Crippen LogP contribution in [0.3, 0.4) is 0 Å². The molecular weight excluding hydrogens is 515 g/mol. The molecule has 0 aliphatic carbocycles. The molecule has 0 saturated carbocycles. The molecule has 3 aromatic carbocycles. The van der Waals surface area contributed by atoms with Crippen molar-refractivity contribution in [1.82, 2.24) is 14.4 Å². The highest BCUT2D eigenvalue weighted by Crippen LogP contribution is 2.18. The lowest BCUT2D eigenvalue weighted by atomic mass is 9.85. The second-order valence-corrected chi connectivity index (χ2v) is 10.2. The van der Waals surface area contributed by atoms with E-state index in [1.807, 2.05) is 54.6 Å². The molecule has 3 atom stereocenters. The average molecular weight is 541 g/mol. The Labute approximate surface area is 232 Å². The van der Waals surface area contributed by atoms with Crippen LogP contribution in [0.25, 0.3) is 0 Å². The molecule has 3 unspecified atom stereocenters. The molecule has 0 spiro atoms. The quantitative estimate of drug-likeness (QED) is 0.244. The predicted octanol–water partition coefficient (Wildman–Crippen LogP) is 0.918. The van der Waals surface area contributed by atoms with E-state index in [0.717, 1.165) is 47.1 Å². The Morgan fingerprint density at radius 1 is 0.514 bits per heavy atom. The topological polar surface area (TPSA) is 23.0 Å². The number of hydrogen-bond donors (Lipinski definition) is 3. The van der Waals surface area contributed by atoms with E-state index >= 15 is 0 Å². The molecule has 0 amide bonds. The van der Waals surface area contributed by atoms with Crippen molar-refractivity contribution >= 4 is 76.2 Å². The molecule has 6 rings (SSSR count). The van der Waals surface area contributed by atoms with Gasteiger partial charge in [-0.05, 0) is 24.3 Å². The Kier molecular flexibility index (Phi) is 6.51. The van der Waals surface area contributed by atoms with Gasteiger partial charge in [0, 0.05) is 55.2 Å². The summed E-state index contributed by atoms with van der Waals surface area (Å²) in [6, 6.07) is 30.8. The minimum atomic E-state index is -1.53. The van der Waals surface area contributed by atoms with E-state index < -0.39 is 7.12 Å². The summed E-state index contributed by atoms with van der Waals surface area (Å²) in [6.45, 7) is 0. The van der Waals surface area contributed by atoms with E-state index in [9.17, 15) is 0 Å². The van der Waals surface area contributed by atoms with E-state index in [1.165, 1.54) is 0 Å². The summed E-state index contributed by atoms with van der Waals surface area (Å²) < 4.78 is 0. The van der Waals surface area contributed by atoms with Gasteiger partial charge in [-0.1, -0.05) is 54.6 Å². The van der Waals surface area contributed by atoms with Gasteiger partial charge in [0.1, 0.15) is 35.7 Å². The first-order valence-corrected chi connectivity index (χ1v) is 13.3. The van der Waals surface area contributed by atoms with Crippen LogP contribution in [0.1, 0.15) is 0 Å². The van der Waals surface area contributed by atoms with Gasteiger partial charge >= 0.3 is 17.3 Å². The van der Waals surface area contributed by atoms with Crippen LogP contribution in [0.2, 0.25) is 0 Å². The normalized spacial score (nSPS) is 23.5. The first kappa shape index (κ1) is 23.9. The number of quaternary nitrogens is 3. The molecule has 10 heteroatoms. The van der Waals surface area contributed by atoms with Crippen molar-refractivity contribution in [3.63, 3.8) is 0 Å². The number of benzene rings is 3. The number of hydrogen-bond acceptors (Lipinski definition) is 3. The zero-order valence-electron chi connectivity index (χ0n) is 19.9. The monoisotopic (exact) mass is 540 g/mol. The number of para-hydroxylation sites is 3. The molecule has 1 radical (unpaired) electrons. The van der Waals surface area contributed by atoms with E-state index in [1.54, 1.807) is 0 Å². The lowest BCUT2D eigenvalue weighted by Gasteiger charge is -2.43. The van der Waals surface area contributed by atoms with E-state index in [4.69, 9.17) is 36.7 Å². The van der Waals surface area contributed by atoms with Crippen molar-refractivity contribution in [2.45, 2.75) is 0 Å². The first-order chi connectivity index (χ1) is 18.1. The third-order valence-corrected chi connectivity index (χ3v) is 8.27. The molecule has 3 aromatic rings. The fraction of sp³-hybridized carbons (Fsp3) is 0. The van der Waals surface area contributed by atoms with Crippen LogP contribution in [0.4, 0.5) is 17.1 Å². The molecular formula is C27H25BN6S3+3. The molecule has 0 aromatic heterocycles. The van der Waals surface area contributed by atoms with Crippen molar-refractivity contribution in [3.8, 4) is 0 Å². The highest BCUT2D eigenvalue weighted by molar-refractivity contribution is 7.80. The summed E-state index contributed by atoms with van der Waals surface area (Å²) in [7, 11) is -1.53. The first-order valence-electron chi connectivity index (χ1n) is 12.1. The predicted molar refractivity (Wildman–Crippen MR) is 159 cm³/mol. The Morgan fingerprint density at radius 3 is 1.30 bits per heavy atom. The van der Waals surface area contributed by atoms with Crippen LogP contribution in [0, 0.1) is 0 Å². The average Bonchev–Trinajstić information content (AvgIpc) is 3.64. The number of rotatable bonds is 6. The molecule has 0 saturated heterocycles. The van der Waals surface area contributed by atoms with Crippen LogP contribution >= 0.6 is 24.4 Å². The lowest BCUT2D eigenvalue weighted by Crippen LogP contribution is -3.07. The summed E-state index contributed by atoms with van der Waals surface area (Å²) in [5, 5.41) is 2.29. The summed E-state index contributed by atoms with van der Waals surface area (Å²) in [5.41, 5.74) is 3.28. The number of thiocarbonyl (C=S) groups is 3. The summed E-state index contributed by atoms with van der Waals surface area (Å²) in [4.78, 5) is 9.55. The maximum atomic E-state index is 6.06. The maximum absolute atomic E-state index is 6.06. The third-order valence-electron chi connectivity index (χ3n) is 6.91. The lowest BCUT2D eigenvalue weighted by molar-refractivity contribution is -0.663. The van der Waals surface area contributed by atoms with Crippen LogP contribution in [-0.2, 0) is 12.2 Å². The smallest absolute Gasteiger partial charge is 0.427 e. The minimum absolute atomic E-state index is 0.764. The number of nitrogens with zero attached hydrogens (tertiary/aromatic N) is 3. The highest BCUT2D eigenvalue weighted by Gasteiger charge is 2.46. The van der Waals surface area contributed by atoms with Gasteiger partial charge in [0.25, 0.3) is 7.12 Å². The molecule has 3 aliphatic heterocycles. The van der Waals surface area contributed by atoms with Crippen molar-refractivity contribution in [2.24, 2.45) is 0 Å². The van der Waals surface area contributed by atoms with Crippen molar-refractivity contribution in [2.75, 3.05) is 0 Å². The van der Waals surface area contributed by atoms with Gasteiger partial charge < -0.3 is 14.4 Å². The van der Waals surface area contributed by atoms with Gasteiger partial charge in [-0.25, -0.2) is 9.80 Å². The maximum Gasteiger partial charge on any atom is 0.625 e. The number of nitrogens with one attached hydrogen (secondary N) is 3. The third kappa shape index (κ3) is 4.33. The largest absolute Gasteiger partial charge is 0.625 e. The molecule has 181 valence electrons. The van der Waals surface area contributed by atoms with Crippen LogP contribution in [-0.4, -0.2) is 36.9 Å².